The Labute approximate surface area is 98.9 Å². The molecule has 1 aromatic rings. The number of aromatic nitrogens is 1. The summed E-state index contributed by atoms with van der Waals surface area (Å²) in [6, 6.07) is 0. The number of carbonyl (C=O) groups is 1. The Morgan fingerprint density at radius 1 is 1.67 bits per heavy atom. The molecule has 0 aliphatic carbocycles. The van der Waals surface area contributed by atoms with E-state index >= 15 is 0 Å². The molecular formula is C10H15ClN2OS. The Hall–Kier alpha value is -0.610. The number of hydrogen-bond acceptors (Lipinski definition) is 3. The van der Waals surface area contributed by atoms with Gasteiger partial charge in [0.15, 0.2) is 0 Å². The molecule has 1 amide bonds. The zero-order chi connectivity index (χ0) is 11.3. The van der Waals surface area contributed by atoms with Crippen LogP contribution in [0.3, 0.4) is 0 Å². The Bertz CT molecular complexity index is 325. The number of nitrogens with zero attached hydrogens (tertiary/aromatic N) is 1. The standard InChI is InChI=1S/C10H15ClN2OS/c1-7(2)8-6-15-10(13-8)5-12-9(14)3-4-11/h6-7H,3-5H2,1-2H3,(H,12,14). The van der Waals surface area contributed by atoms with E-state index in [1.807, 2.05) is 5.38 Å². The van der Waals surface area contributed by atoms with Crippen LogP contribution >= 0.6 is 22.9 Å². The number of thiazole rings is 1. The molecule has 0 unspecified atom stereocenters. The maximum Gasteiger partial charge on any atom is 0.221 e. The van der Waals surface area contributed by atoms with Crippen LogP contribution in [0.4, 0.5) is 0 Å². The number of amides is 1. The zero-order valence-corrected chi connectivity index (χ0v) is 10.5. The van der Waals surface area contributed by atoms with Gasteiger partial charge in [-0.1, -0.05) is 13.8 Å². The Kier molecular flexibility index (Phi) is 5.05. The molecule has 0 atom stereocenters. The summed E-state index contributed by atoms with van der Waals surface area (Å²) >= 11 is 7.03. The third kappa shape index (κ3) is 4.18. The van der Waals surface area contributed by atoms with Crippen molar-refractivity contribution in [3.05, 3.63) is 16.1 Å². The highest BCUT2D eigenvalue weighted by Crippen LogP contribution is 2.17. The molecule has 1 aromatic heterocycles. The summed E-state index contributed by atoms with van der Waals surface area (Å²) in [6.45, 7) is 4.71. The minimum absolute atomic E-state index is 0.0219. The van der Waals surface area contributed by atoms with Gasteiger partial charge in [0, 0.05) is 17.7 Å². The Balaban J connectivity index is 2.41. The normalized spacial score (nSPS) is 10.7. The number of carbonyl (C=O) groups excluding carboxylic acids is 1. The Morgan fingerprint density at radius 3 is 2.93 bits per heavy atom. The molecule has 0 saturated heterocycles. The average molecular weight is 247 g/mol. The molecule has 0 aliphatic rings. The van der Waals surface area contributed by atoms with Gasteiger partial charge in [-0.05, 0) is 5.92 Å². The van der Waals surface area contributed by atoms with Crippen molar-refractivity contribution in [2.24, 2.45) is 0 Å². The van der Waals surface area contributed by atoms with E-state index in [1.165, 1.54) is 0 Å². The fourth-order valence-corrected chi connectivity index (χ4v) is 2.09. The molecule has 0 aromatic carbocycles. The van der Waals surface area contributed by atoms with E-state index in [9.17, 15) is 4.79 Å². The molecule has 0 fully saturated rings. The molecule has 84 valence electrons. The van der Waals surface area contributed by atoms with Crippen LogP contribution in [-0.4, -0.2) is 16.8 Å². The molecule has 3 nitrogen and oxygen atoms in total. The van der Waals surface area contributed by atoms with Crippen molar-refractivity contribution in [2.45, 2.75) is 32.7 Å². The van der Waals surface area contributed by atoms with Crippen molar-refractivity contribution in [1.29, 1.82) is 0 Å². The van der Waals surface area contributed by atoms with Gasteiger partial charge in [0.1, 0.15) is 5.01 Å². The molecule has 0 radical (unpaired) electrons. The highest BCUT2D eigenvalue weighted by molar-refractivity contribution is 7.09. The summed E-state index contributed by atoms with van der Waals surface area (Å²) in [4.78, 5) is 15.6. The first-order chi connectivity index (χ1) is 7.13. The monoisotopic (exact) mass is 246 g/mol. The third-order valence-corrected chi connectivity index (χ3v) is 2.98. The van der Waals surface area contributed by atoms with E-state index in [4.69, 9.17) is 11.6 Å². The van der Waals surface area contributed by atoms with E-state index in [-0.39, 0.29) is 5.91 Å². The Morgan fingerprint density at radius 2 is 2.40 bits per heavy atom. The number of nitrogens with one attached hydrogen (secondary N) is 1. The summed E-state index contributed by atoms with van der Waals surface area (Å²) in [5.74, 6) is 0.779. The lowest BCUT2D eigenvalue weighted by atomic mass is 10.2. The maximum atomic E-state index is 11.1. The van der Waals surface area contributed by atoms with Crippen LogP contribution < -0.4 is 5.32 Å². The van der Waals surface area contributed by atoms with Gasteiger partial charge in [-0.2, -0.15) is 0 Å². The van der Waals surface area contributed by atoms with Gasteiger partial charge >= 0.3 is 0 Å². The molecule has 1 N–H and O–H groups in total. The van der Waals surface area contributed by atoms with E-state index in [1.54, 1.807) is 11.3 Å². The zero-order valence-electron chi connectivity index (χ0n) is 8.92. The minimum Gasteiger partial charge on any atom is -0.350 e. The topological polar surface area (TPSA) is 42.0 Å². The minimum atomic E-state index is -0.0219. The van der Waals surface area contributed by atoms with Crippen LogP contribution in [0.2, 0.25) is 0 Å². The first kappa shape index (κ1) is 12.5. The molecule has 15 heavy (non-hydrogen) atoms. The van der Waals surface area contributed by atoms with Crippen molar-refractivity contribution >= 4 is 28.8 Å². The molecule has 0 spiro atoms. The van der Waals surface area contributed by atoms with Crippen LogP contribution in [0.5, 0.6) is 0 Å². The second-order valence-corrected chi connectivity index (χ2v) is 4.86. The SMILES string of the molecule is CC(C)c1csc(CNC(=O)CCCl)n1. The number of halogens is 1. The van der Waals surface area contributed by atoms with Crippen LogP contribution in [-0.2, 0) is 11.3 Å². The van der Waals surface area contributed by atoms with E-state index in [0.29, 0.717) is 24.8 Å². The van der Waals surface area contributed by atoms with Crippen molar-refractivity contribution in [2.75, 3.05) is 5.88 Å². The lowest BCUT2D eigenvalue weighted by Gasteiger charge is -2.00. The second kappa shape index (κ2) is 6.08. The van der Waals surface area contributed by atoms with Gasteiger partial charge in [-0.15, -0.1) is 22.9 Å². The molecule has 0 saturated carbocycles. The first-order valence-corrected chi connectivity index (χ1v) is 6.32. The lowest BCUT2D eigenvalue weighted by molar-refractivity contribution is -0.120. The van der Waals surface area contributed by atoms with Gasteiger partial charge < -0.3 is 5.32 Å². The molecule has 1 heterocycles. The summed E-state index contributed by atoms with van der Waals surface area (Å²) in [5, 5.41) is 5.76. The summed E-state index contributed by atoms with van der Waals surface area (Å²) in [5.41, 5.74) is 1.08. The average Bonchev–Trinajstić information content (AvgIpc) is 2.63. The largest absolute Gasteiger partial charge is 0.350 e. The smallest absolute Gasteiger partial charge is 0.221 e. The number of rotatable bonds is 5. The first-order valence-electron chi connectivity index (χ1n) is 4.90. The summed E-state index contributed by atoms with van der Waals surface area (Å²) < 4.78 is 0. The van der Waals surface area contributed by atoms with Gasteiger partial charge in [0.2, 0.25) is 5.91 Å². The third-order valence-electron chi connectivity index (χ3n) is 1.92. The molecule has 1 rings (SSSR count). The van der Waals surface area contributed by atoms with E-state index in [2.05, 4.69) is 24.1 Å². The van der Waals surface area contributed by atoms with Crippen molar-refractivity contribution < 1.29 is 4.79 Å². The van der Waals surface area contributed by atoms with Crippen molar-refractivity contribution in [3.63, 3.8) is 0 Å². The van der Waals surface area contributed by atoms with E-state index in [0.717, 1.165) is 10.7 Å². The number of hydrogen-bond donors (Lipinski definition) is 1. The molecule has 0 bridgehead atoms. The van der Waals surface area contributed by atoms with Gasteiger partial charge in [0.25, 0.3) is 0 Å². The predicted octanol–water partition coefficient (Wildman–Crippen LogP) is 2.51. The highest BCUT2D eigenvalue weighted by atomic mass is 35.5. The van der Waals surface area contributed by atoms with Gasteiger partial charge in [0.05, 0.1) is 12.2 Å². The maximum absolute atomic E-state index is 11.1. The summed E-state index contributed by atoms with van der Waals surface area (Å²) in [7, 11) is 0. The van der Waals surface area contributed by atoms with E-state index < -0.39 is 0 Å². The second-order valence-electron chi connectivity index (χ2n) is 3.54. The van der Waals surface area contributed by atoms with Crippen LogP contribution in [0.25, 0.3) is 0 Å². The highest BCUT2D eigenvalue weighted by Gasteiger charge is 2.06. The molecule has 5 heteroatoms. The van der Waals surface area contributed by atoms with Crippen LogP contribution in [0.15, 0.2) is 5.38 Å². The van der Waals surface area contributed by atoms with Crippen LogP contribution in [0, 0.1) is 0 Å². The fourth-order valence-electron chi connectivity index (χ4n) is 1.02. The lowest BCUT2D eigenvalue weighted by Crippen LogP contribution is -2.22. The quantitative estimate of drug-likeness (QED) is 0.812. The predicted molar refractivity (Wildman–Crippen MR) is 63.4 cm³/mol. The van der Waals surface area contributed by atoms with Gasteiger partial charge in [-0.3, -0.25) is 4.79 Å². The van der Waals surface area contributed by atoms with Gasteiger partial charge in [-0.25, -0.2) is 4.98 Å². The molecule has 0 aliphatic heterocycles. The molecular weight excluding hydrogens is 232 g/mol. The van der Waals surface area contributed by atoms with Crippen molar-refractivity contribution in [3.8, 4) is 0 Å². The summed E-state index contributed by atoms with van der Waals surface area (Å²) in [6.07, 6.45) is 0.365. The number of alkyl halides is 1. The van der Waals surface area contributed by atoms with Crippen molar-refractivity contribution in [1.82, 2.24) is 10.3 Å². The fraction of sp³-hybridized carbons (Fsp3) is 0.600. The van der Waals surface area contributed by atoms with Crippen LogP contribution in [0.1, 0.15) is 36.9 Å².